The Kier molecular flexibility index (Phi) is 6.57. The fourth-order valence-electron chi connectivity index (χ4n) is 3.31. The van der Waals surface area contributed by atoms with Gasteiger partial charge in [-0.05, 0) is 39.8 Å². The molecule has 0 aromatic heterocycles. The second-order valence-electron chi connectivity index (χ2n) is 8.63. The van der Waals surface area contributed by atoms with Crippen LogP contribution in [0, 0.1) is 20.2 Å². The number of nitrogens with zero attached hydrogens (tertiary/aromatic N) is 3. The van der Waals surface area contributed by atoms with Crippen molar-refractivity contribution >= 4 is 57.8 Å². The number of amides is 2. The fraction of sp³-hybridized carbons (Fsp3) is 0.333. The molecule has 0 saturated heterocycles. The number of likely N-dealkylation sites (N-methyl/N-ethyl adjacent to an activating group) is 1. The van der Waals surface area contributed by atoms with Crippen molar-refractivity contribution in [2.24, 2.45) is 0 Å². The SMILES string of the molecule is CC1(C)Oc2cc([N+](=O)[O-])c(Cl)cc2NC1=O.CN1C(=O)C(C)(C)Oc2cc([N+](=O)[O-])c(Cl)cc21. The maximum atomic E-state index is 12.0. The minimum Gasteiger partial charge on any atom is -0.476 e. The number of anilines is 2. The number of nitro benzene ring substituents is 2. The summed E-state index contributed by atoms with van der Waals surface area (Å²) in [5.41, 5.74) is -1.84. The molecule has 0 unspecified atom stereocenters. The molecular weight excluding hydrogens is 507 g/mol. The maximum Gasteiger partial charge on any atom is 0.291 e. The van der Waals surface area contributed by atoms with E-state index in [-0.39, 0.29) is 44.7 Å². The largest absolute Gasteiger partial charge is 0.476 e. The minimum atomic E-state index is -1.06. The van der Waals surface area contributed by atoms with Crippen molar-refractivity contribution in [1.82, 2.24) is 0 Å². The zero-order valence-corrected chi connectivity index (χ0v) is 20.7. The van der Waals surface area contributed by atoms with E-state index in [1.54, 1.807) is 34.7 Å². The van der Waals surface area contributed by atoms with Crippen molar-refractivity contribution in [2.75, 3.05) is 17.3 Å². The molecule has 0 fully saturated rings. The third-order valence-electron chi connectivity index (χ3n) is 5.18. The van der Waals surface area contributed by atoms with E-state index in [2.05, 4.69) is 5.32 Å². The van der Waals surface area contributed by atoms with Crippen LogP contribution in [-0.2, 0) is 9.59 Å². The van der Waals surface area contributed by atoms with E-state index in [1.807, 2.05) is 0 Å². The highest BCUT2D eigenvalue weighted by Gasteiger charge is 2.40. The van der Waals surface area contributed by atoms with Crippen LogP contribution in [0.2, 0.25) is 10.0 Å². The van der Waals surface area contributed by atoms with Crippen LogP contribution in [0.25, 0.3) is 0 Å². The smallest absolute Gasteiger partial charge is 0.291 e. The van der Waals surface area contributed by atoms with Gasteiger partial charge in [0.05, 0.1) is 33.4 Å². The van der Waals surface area contributed by atoms with Crippen molar-refractivity contribution in [1.29, 1.82) is 0 Å². The Hall–Kier alpha value is -3.64. The van der Waals surface area contributed by atoms with E-state index < -0.39 is 21.0 Å². The fourth-order valence-corrected chi connectivity index (χ4v) is 3.77. The summed E-state index contributed by atoms with van der Waals surface area (Å²) in [5, 5.41) is 24.0. The van der Waals surface area contributed by atoms with Gasteiger partial charge in [0.15, 0.2) is 22.7 Å². The van der Waals surface area contributed by atoms with Gasteiger partial charge in [0.25, 0.3) is 23.2 Å². The number of hydrogen-bond donors (Lipinski definition) is 1. The predicted molar refractivity (Wildman–Crippen MR) is 128 cm³/mol. The van der Waals surface area contributed by atoms with E-state index in [0.717, 1.165) is 0 Å². The molecule has 2 aromatic rings. The first-order chi connectivity index (χ1) is 16.0. The summed E-state index contributed by atoms with van der Waals surface area (Å²) in [7, 11) is 1.58. The summed E-state index contributed by atoms with van der Waals surface area (Å²) in [5.74, 6) is -0.0428. The monoisotopic (exact) mass is 526 g/mol. The van der Waals surface area contributed by atoms with Crippen LogP contribution in [0.15, 0.2) is 24.3 Å². The Bertz CT molecular complexity index is 1280. The average Bonchev–Trinajstić information content (AvgIpc) is 2.73. The predicted octanol–water partition coefficient (Wildman–Crippen LogP) is 4.74. The third-order valence-corrected chi connectivity index (χ3v) is 5.78. The number of benzene rings is 2. The van der Waals surface area contributed by atoms with Gasteiger partial charge in [-0.3, -0.25) is 29.8 Å². The maximum absolute atomic E-state index is 12.0. The number of rotatable bonds is 2. The highest BCUT2D eigenvalue weighted by atomic mass is 35.5. The molecule has 2 aliphatic rings. The molecule has 14 heteroatoms. The molecule has 0 radical (unpaired) electrons. The van der Waals surface area contributed by atoms with Gasteiger partial charge >= 0.3 is 0 Å². The number of nitrogens with one attached hydrogen (secondary N) is 1. The van der Waals surface area contributed by atoms with E-state index in [1.165, 1.54) is 29.2 Å². The van der Waals surface area contributed by atoms with Gasteiger partial charge in [-0.15, -0.1) is 0 Å². The number of carbonyl (C=O) groups excluding carboxylic acids is 2. The molecule has 0 spiro atoms. The Morgan fingerprint density at radius 3 is 1.89 bits per heavy atom. The molecule has 2 aromatic carbocycles. The van der Waals surface area contributed by atoms with Crippen LogP contribution in [0.4, 0.5) is 22.7 Å². The zero-order chi connectivity index (χ0) is 26.5. The molecule has 0 aliphatic carbocycles. The molecule has 2 amide bonds. The van der Waals surface area contributed by atoms with E-state index in [9.17, 15) is 29.8 Å². The molecule has 1 N–H and O–H groups in total. The highest BCUT2D eigenvalue weighted by Crippen LogP contribution is 2.43. The summed E-state index contributed by atoms with van der Waals surface area (Å²) in [6, 6.07) is 5.12. The van der Waals surface area contributed by atoms with Gasteiger partial charge in [-0.2, -0.15) is 0 Å². The summed E-state index contributed by atoms with van der Waals surface area (Å²) < 4.78 is 10.9. The molecule has 2 heterocycles. The van der Waals surface area contributed by atoms with Gasteiger partial charge in [-0.25, -0.2) is 0 Å². The van der Waals surface area contributed by atoms with Crippen LogP contribution < -0.4 is 19.7 Å². The lowest BCUT2D eigenvalue weighted by atomic mass is 10.0. The second-order valence-corrected chi connectivity index (χ2v) is 9.44. The number of fused-ring (bicyclic) bond motifs is 2. The first-order valence-corrected chi connectivity index (χ1v) is 10.7. The number of ether oxygens (including phenoxy) is 2. The molecule has 12 nitrogen and oxygen atoms in total. The van der Waals surface area contributed by atoms with Crippen LogP contribution >= 0.6 is 23.2 Å². The summed E-state index contributed by atoms with van der Waals surface area (Å²) >= 11 is 11.5. The molecule has 0 saturated carbocycles. The van der Waals surface area contributed by atoms with Crippen molar-refractivity contribution in [3.63, 3.8) is 0 Å². The number of carbonyl (C=O) groups is 2. The molecule has 0 bridgehead atoms. The lowest BCUT2D eigenvalue weighted by molar-refractivity contribution is -0.384. The van der Waals surface area contributed by atoms with E-state index in [0.29, 0.717) is 11.4 Å². The second kappa shape index (κ2) is 8.86. The number of hydrogen-bond acceptors (Lipinski definition) is 8. The van der Waals surface area contributed by atoms with Gasteiger partial charge in [0.2, 0.25) is 0 Å². The first kappa shape index (κ1) is 26.0. The van der Waals surface area contributed by atoms with Crippen molar-refractivity contribution in [2.45, 2.75) is 38.9 Å². The van der Waals surface area contributed by atoms with Gasteiger partial charge in [0, 0.05) is 7.05 Å². The Labute approximate surface area is 209 Å². The van der Waals surface area contributed by atoms with Gasteiger partial charge in [0.1, 0.15) is 10.0 Å². The standard InChI is InChI=1S/C11H11ClN2O4.C10H9ClN2O4/c1-11(2)10(15)13(3)8-4-6(12)7(14(16)17)5-9(8)18-11;1-10(2)9(14)12-6-3-5(11)7(13(15)16)4-8(6)17-10/h4-5H,1-3H3;3-4H,1-2H3,(H,12,14). The molecule has 186 valence electrons. The summed E-state index contributed by atoms with van der Waals surface area (Å²) in [6.07, 6.45) is 0. The number of nitro groups is 2. The Morgan fingerprint density at radius 2 is 1.34 bits per heavy atom. The Balaban J connectivity index is 0.000000196. The lowest BCUT2D eigenvalue weighted by Crippen LogP contribution is -2.50. The molecular formula is C21H20Cl2N4O8. The van der Waals surface area contributed by atoms with E-state index >= 15 is 0 Å². The minimum absolute atomic E-state index is 0.0262. The topological polar surface area (TPSA) is 154 Å². The Morgan fingerprint density at radius 1 is 0.857 bits per heavy atom. The van der Waals surface area contributed by atoms with Crippen LogP contribution in [0.3, 0.4) is 0 Å². The average molecular weight is 527 g/mol. The first-order valence-electron chi connectivity index (χ1n) is 9.98. The number of halogens is 2. The molecule has 2 aliphatic heterocycles. The van der Waals surface area contributed by atoms with Crippen LogP contribution in [-0.4, -0.2) is 39.9 Å². The molecule has 35 heavy (non-hydrogen) atoms. The quantitative estimate of drug-likeness (QED) is 0.434. The third kappa shape index (κ3) is 4.93. The van der Waals surface area contributed by atoms with Crippen LogP contribution in [0.1, 0.15) is 27.7 Å². The van der Waals surface area contributed by atoms with Crippen molar-refractivity contribution < 1.29 is 28.9 Å². The molecule has 4 rings (SSSR count). The van der Waals surface area contributed by atoms with Crippen molar-refractivity contribution in [3.05, 3.63) is 54.5 Å². The lowest BCUT2D eigenvalue weighted by Gasteiger charge is -2.36. The molecule has 0 atom stereocenters. The normalized spacial score (nSPS) is 16.9. The summed E-state index contributed by atoms with van der Waals surface area (Å²) in [6.45, 7) is 6.36. The zero-order valence-electron chi connectivity index (χ0n) is 19.2. The van der Waals surface area contributed by atoms with Crippen molar-refractivity contribution in [3.8, 4) is 11.5 Å². The highest BCUT2D eigenvalue weighted by molar-refractivity contribution is 6.33. The van der Waals surface area contributed by atoms with Gasteiger partial charge in [-0.1, -0.05) is 23.2 Å². The van der Waals surface area contributed by atoms with Gasteiger partial charge < -0.3 is 19.7 Å². The van der Waals surface area contributed by atoms with E-state index in [4.69, 9.17) is 32.7 Å². The summed E-state index contributed by atoms with van der Waals surface area (Å²) in [4.78, 5) is 45.3. The van der Waals surface area contributed by atoms with Crippen LogP contribution in [0.5, 0.6) is 11.5 Å².